The standard InChI is InChI=1S/C12H16FN/c1-2-9-7-14-8-12(9)10-4-3-5-11(13)6-10/h3-6,9,12,14H,2,7-8H2,1H3/t9-,12-/m1/s1. The lowest BCUT2D eigenvalue weighted by Gasteiger charge is -2.16. The Balaban J connectivity index is 2.21. The number of rotatable bonds is 2. The van der Waals surface area contributed by atoms with E-state index in [1.54, 1.807) is 12.1 Å². The van der Waals surface area contributed by atoms with E-state index < -0.39 is 0 Å². The van der Waals surface area contributed by atoms with Crippen LogP contribution in [0.15, 0.2) is 24.3 Å². The quantitative estimate of drug-likeness (QED) is 0.761. The Morgan fingerprint density at radius 1 is 1.43 bits per heavy atom. The van der Waals surface area contributed by atoms with Gasteiger partial charge in [-0.3, -0.25) is 0 Å². The molecule has 0 saturated carbocycles. The molecule has 1 aliphatic rings. The highest BCUT2D eigenvalue weighted by Gasteiger charge is 2.26. The molecule has 0 spiro atoms. The van der Waals surface area contributed by atoms with E-state index in [1.807, 2.05) is 6.07 Å². The summed E-state index contributed by atoms with van der Waals surface area (Å²) >= 11 is 0. The van der Waals surface area contributed by atoms with Gasteiger partial charge in [0, 0.05) is 12.5 Å². The second-order valence-electron chi connectivity index (χ2n) is 3.99. The van der Waals surface area contributed by atoms with Crippen LogP contribution >= 0.6 is 0 Å². The fourth-order valence-corrected chi connectivity index (χ4v) is 2.29. The molecule has 1 saturated heterocycles. The Bertz CT molecular complexity index is 311. The molecule has 0 aliphatic carbocycles. The molecular formula is C12H16FN. The SMILES string of the molecule is CC[C@@H]1CNC[C@H]1c1cccc(F)c1. The molecule has 2 heteroatoms. The average molecular weight is 193 g/mol. The Kier molecular flexibility index (Phi) is 2.82. The molecule has 0 radical (unpaired) electrons. The Hall–Kier alpha value is -0.890. The normalized spacial score (nSPS) is 26.7. The fourth-order valence-electron chi connectivity index (χ4n) is 2.29. The van der Waals surface area contributed by atoms with Crippen molar-refractivity contribution in [1.82, 2.24) is 5.32 Å². The predicted octanol–water partition coefficient (Wildman–Crippen LogP) is 2.54. The molecule has 1 heterocycles. The second-order valence-corrected chi connectivity index (χ2v) is 3.99. The van der Waals surface area contributed by atoms with Crippen LogP contribution in [0.5, 0.6) is 0 Å². The molecule has 1 aliphatic heterocycles. The van der Waals surface area contributed by atoms with E-state index >= 15 is 0 Å². The van der Waals surface area contributed by atoms with Crippen LogP contribution in [0, 0.1) is 11.7 Å². The molecule has 76 valence electrons. The second kappa shape index (κ2) is 4.09. The van der Waals surface area contributed by atoms with Gasteiger partial charge in [-0.15, -0.1) is 0 Å². The first-order valence-electron chi connectivity index (χ1n) is 5.27. The molecule has 0 unspecified atom stereocenters. The minimum atomic E-state index is -0.121. The van der Waals surface area contributed by atoms with Crippen molar-refractivity contribution in [3.8, 4) is 0 Å². The van der Waals surface area contributed by atoms with E-state index in [9.17, 15) is 4.39 Å². The topological polar surface area (TPSA) is 12.0 Å². The zero-order chi connectivity index (χ0) is 9.97. The van der Waals surface area contributed by atoms with Gasteiger partial charge in [0.25, 0.3) is 0 Å². The molecule has 1 nitrogen and oxygen atoms in total. The molecule has 0 amide bonds. The maximum absolute atomic E-state index is 13.0. The third kappa shape index (κ3) is 1.80. The van der Waals surface area contributed by atoms with Gasteiger partial charge in [0.1, 0.15) is 5.82 Å². The first kappa shape index (κ1) is 9.66. The Morgan fingerprint density at radius 3 is 3.00 bits per heavy atom. The van der Waals surface area contributed by atoms with E-state index in [-0.39, 0.29) is 5.82 Å². The van der Waals surface area contributed by atoms with Gasteiger partial charge < -0.3 is 5.32 Å². The highest BCUT2D eigenvalue weighted by molar-refractivity contribution is 5.23. The van der Waals surface area contributed by atoms with E-state index in [0.717, 1.165) is 25.1 Å². The lowest BCUT2D eigenvalue weighted by molar-refractivity contribution is 0.500. The number of benzene rings is 1. The van der Waals surface area contributed by atoms with Gasteiger partial charge in [-0.05, 0) is 30.2 Å². The van der Waals surface area contributed by atoms with Crippen LogP contribution in [-0.4, -0.2) is 13.1 Å². The molecule has 0 aromatic heterocycles. The first-order valence-corrected chi connectivity index (χ1v) is 5.27. The van der Waals surface area contributed by atoms with E-state index in [1.165, 1.54) is 6.07 Å². The lowest BCUT2D eigenvalue weighted by atomic mass is 9.87. The van der Waals surface area contributed by atoms with Crippen LogP contribution < -0.4 is 5.32 Å². The molecule has 1 aromatic carbocycles. The molecule has 0 bridgehead atoms. The van der Waals surface area contributed by atoms with Crippen molar-refractivity contribution in [3.63, 3.8) is 0 Å². The third-order valence-corrected chi connectivity index (χ3v) is 3.14. The van der Waals surface area contributed by atoms with E-state index in [2.05, 4.69) is 12.2 Å². The van der Waals surface area contributed by atoms with Crippen LogP contribution in [0.4, 0.5) is 4.39 Å². The number of hydrogen-bond donors (Lipinski definition) is 1. The molecule has 2 rings (SSSR count). The van der Waals surface area contributed by atoms with Crippen LogP contribution in [0.1, 0.15) is 24.8 Å². The van der Waals surface area contributed by atoms with Crippen molar-refractivity contribution < 1.29 is 4.39 Å². The van der Waals surface area contributed by atoms with Gasteiger partial charge in [0.15, 0.2) is 0 Å². The fraction of sp³-hybridized carbons (Fsp3) is 0.500. The molecule has 14 heavy (non-hydrogen) atoms. The largest absolute Gasteiger partial charge is 0.316 e. The summed E-state index contributed by atoms with van der Waals surface area (Å²) in [4.78, 5) is 0. The van der Waals surface area contributed by atoms with Gasteiger partial charge in [0.05, 0.1) is 0 Å². The predicted molar refractivity (Wildman–Crippen MR) is 55.8 cm³/mol. The van der Waals surface area contributed by atoms with E-state index in [4.69, 9.17) is 0 Å². The smallest absolute Gasteiger partial charge is 0.123 e. The third-order valence-electron chi connectivity index (χ3n) is 3.14. The molecule has 1 N–H and O–H groups in total. The van der Waals surface area contributed by atoms with Gasteiger partial charge in [-0.2, -0.15) is 0 Å². The van der Waals surface area contributed by atoms with Gasteiger partial charge in [0.2, 0.25) is 0 Å². The summed E-state index contributed by atoms with van der Waals surface area (Å²) < 4.78 is 13.0. The summed E-state index contributed by atoms with van der Waals surface area (Å²) in [5.74, 6) is 1.04. The molecule has 1 aromatic rings. The molecule has 1 fully saturated rings. The van der Waals surface area contributed by atoms with Crippen LogP contribution in [-0.2, 0) is 0 Å². The van der Waals surface area contributed by atoms with Crippen molar-refractivity contribution in [2.75, 3.05) is 13.1 Å². The number of nitrogens with one attached hydrogen (secondary N) is 1. The highest BCUT2D eigenvalue weighted by atomic mass is 19.1. The van der Waals surface area contributed by atoms with Crippen molar-refractivity contribution in [3.05, 3.63) is 35.6 Å². The Morgan fingerprint density at radius 2 is 2.29 bits per heavy atom. The monoisotopic (exact) mass is 193 g/mol. The van der Waals surface area contributed by atoms with Gasteiger partial charge >= 0.3 is 0 Å². The van der Waals surface area contributed by atoms with Crippen LogP contribution in [0.25, 0.3) is 0 Å². The lowest BCUT2D eigenvalue weighted by Crippen LogP contribution is -2.09. The minimum absolute atomic E-state index is 0.121. The average Bonchev–Trinajstić information content (AvgIpc) is 2.65. The molecular weight excluding hydrogens is 177 g/mol. The van der Waals surface area contributed by atoms with Gasteiger partial charge in [-0.25, -0.2) is 4.39 Å². The van der Waals surface area contributed by atoms with Crippen molar-refractivity contribution >= 4 is 0 Å². The summed E-state index contributed by atoms with van der Waals surface area (Å²) in [6.07, 6.45) is 1.16. The number of hydrogen-bond acceptors (Lipinski definition) is 1. The maximum atomic E-state index is 13.0. The summed E-state index contributed by atoms with van der Waals surface area (Å²) in [6, 6.07) is 7.01. The Labute approximate surface area is 84.3 Å². The van der Waals surface area contributed by atoms with Crippen molar-refractivity contribution in [1.29, 1.82) is 0 Å². The maximum Gasteiger partial charge on any atom is 0.123 e. The summed E-state index contributed by atoms with van der Waals surface area (Å²) in [5.41, 5.74) is 1.14. The summed E-state index contributed by atoms with van der Waals surface area (Å²) in [6.45, 7) is 4.25. The molecule has 2 atom stereocenters. The van der Waals surface area contributed by atoms with Gasteiger partial charge in [-0.1, -0.05) is 25.5 Å². The highest BCUT2D eigenvalue weighted by Crippen LogP contribution is 2.30. The zero-order valence-electron chi connectivity index (χ0n) is 8.46. The van der Waals surface area contributed by atoms with E-state index in [0.29, 0.717) is 11.8 Å². The summed E-state index contributed by atoms with van der Waals surface area (Å²) in [5, 5.41) is 3.37. The summed E-state index contributed by atoms with van der Waals surface area (Å²) in [7, 11) is 0. The minimum Gasteiger partial charge on any atom is -0.316 e. The van der Waals surface area contributed by atoms with Crippen LogP contribution in [0.2, 0.25) is 0 Å². The zero-order valence-corrected chi connectivity index (χ0v) is 8.46. The van der Waals surface area contributed by atoms with Crippen molar-refractivity contribution in [2.24, 2.45) is 5.92 Å². The van der Waals surface area contributed by atoms with Crippen LogP contribution in [0.3, 0.4) is 0 Å². The number of halogens is 1. The first-order chi connectivity index (χ1) is 6.81. The van der Waals surface area contributed by atoms with Crippen molar-refractivity contribution in [2.45, 2.75) is 19.3 Å².